The van der Waals surface area contributed by atoms with Gasteiger partial charge < -0.3 is 9.72 Å². The maximum Gasteiger partial charge on any atom is 0.200 e. The van der Waals surface area contributed by atoms with Crippen molar-refractivity contribution in [3.8, 4) is 5.88 Å². The number of rotatable bonds is 6. The van der Waals surface area contributed by atoms with Crippen molar-refractivity contribution in [2.24, 2.45) is 0 Å². The zero-order chi connectivity index (χ0) is 17.1. The van der Waals surface area contributed by atoms with Gasteiger partial charge in [0.2, 0.25) is 5.78 Å². The van der Waals surface area contributed by atoms with Crippen LogP contribution >= 0.6 is 0 Å². The number of fused-ring (bicyclic) bond motifs is 1. The van der Waals surface area contributed by atoms with Crippen molar-refractivity contribution in [1.82, 2.24) is 4.98 Å². The molecule has 0 aliphatic carbocycles. The number of para-hydroxylation sites is 1. The summed E-state index contributed by atoms with van der Waals surface area (Å²) in [6.45, 7) is 6.30. The van der Waals surface area contributed by atoms with E-state index in [1.54, 1.807) is 0 Å². The number of carbonyl (C=O) groups is 1. The number of carbonyl (C=O) groups excluding carboxylic acids is 1. The number of Topliss-reactive ketones (excluding diaryl/α,β-unsaturated/α-hetero) is 1. The second kappa shape index (κ2) is 6.91. The molecule has 0 atom stereocenters. The molecule has 1 aromatic heterocycles. The monoisotopic (exact) mass is 321 g/mol. The molecule has 0 bridgehead atoms. The number of aromatic amines is 1. The van der Waals surface area contributed by atoms with Gasteiger partial charge in [-0.1, -0.05) is 49.7 Å². The largest absolute Gasteiger partial charge is 0.471 e. The van der Waals surface area contributed by atoms with Crippen molar-refractivity contribution in [3.63, 3.8) is 0 Å². The van der Waals surface area contributed by atoms with Gasteiger partial charge in [0.1, 0.15) is 0 Å². The van der Waals surface area contributed by atoms with Gasteiger partial charge in [-0.15, -0.1) is 0 Å². The van der Waals surface area contributed by atoms with Crippen LogP contribution in [0.25, 0.3) is 10.9 Å². The Morgan fingerprint density at radius 3 is 2.33 bits per heavy atom. The van der Waals surface area contributed by atoms with Crippen LogP contribution in [0, 0.1) is 6.92 Å². The van der Waals surface area contributed by atoms with Gasteiger partial charge in [0.15, 0.2) is 12.5 Å². The van der Waals surface area contributed by atoms with Crippen LogP contribution in [0.15, 0.2) is 42.5 Å². The third-order valence-electron chi connectivity index (χ3n) is 4.35. The Kier molecular flexibility index (Phi) is 4.70. The molecule has 3 nitrogen and oxygen atoms in total. The standard InChI is InChI=1S/C21H23NO2/c1-4-15-10-14(3)11-16(5-2)21(15)19(23)13-24-20-12-17-8-6-7-9-18(17)22-20/h6-12,22H,4-5,13H2,1-3H3. The SMILES string of the molecule is CCc1cc(C)cc(CC)c1C(=O)COc1cc2ccccc2[nH]1. The van der Waals surface area contributed by atoms with E-state index in [0.29, 0.717) is 5.88 Å². The van der Waals surface area contributed by atoms with Crippen molar-refractivity contribution >= 4 is 16.7 Å². The van der Waals surface area contributed by atoms with Crippen LogP contribution in [0.3, 0.4) is 0 Å². The van der Waals surface area contributed by atoms with Gasteiger partial charge in [-0.05, 0) is 37.0 Å². The minimum Gasteiger partial charge on any atom is -0.471 e. The number of ether oxygens (including phenoxy) is 1. The fourth-order valence-electron chi connectivity index (χ4n) is 3.20. The molecule has 1 heterocycles. The van der Waals surface area contributed by atoms with Gasteiger partial charge in [-0.3, -0.25) is 4.79 Å². The maximum absolute atomic E-state index is 12.8. The predicted octanol–water partition coefficient (Wildman–Crippen LogP) is 4.86. The molecule has 0 saturated heterocycles. The Bertz CT molecular complexity index is 818. The van der Waals surface area contributed by atoms with Gasteiger partial charge in [0.05, 0.1) is 0 Å². The minimum absolute atomic E-state index is 0.0438. The van der Waals surface area contributed by atoms with Gasteiger partial charge in [0.25, 0.3) is 0 Å². The highest BCUT2D eigenvalue weighted by Gasteiger charge is 2.16. The first-order valence-electron chi connectivity index (χ1n) is 8.48. The van der Waals surface area contributed by atoms with Crippen LogP contribution in [0.1, 0.15) is 40.9 Å². The number of hydrogen-bond acceptors (Lipinski definition) is 2. The van der Waals surface area contributed by atoms with Crippen molar-refractivity contribution in [2.45, 2.75) is 33.6 Å². The fourth-order valence-corrected chi connectivity index (χ4v) is 3.20. The zero-order valence-electron chi connectivity index (χ0n) is 14.5. The van der Waals surface area contributed by atoms with Crippen LogP contribution in [-0.2, 0) is 12.8 Å². The lowest BCUT2D eigenvalue weighted by molar-refractivity contribution is 0.0917. The van der Waals surface area contributed by atoms with E-state index in [2.05, 4.69) is 37.9 Å². The fraction of sp³-hybridized carbons (Fsp3) is 0.286. The normalized spacial score (nSPS) is 11.0. The maximum atomic E-state index is 12.8. The second-order valence-electron chi connectivity index (χ2n) is 6.10. The number of ketones is 1. The number of aromatic nitrogens is 1. The van der Waals surface area contributed by atoms with E-state index < -0.39 is 0 Å². The molecule has 2 aromatic carbocycles. The highest BCUT2D eigenvalue weighted by molar-refractivity contribution is 6.00. The van der Waals surface area contributed by atoms with Gasteiger partial charge >= 0.3 is 0 Å². The van der Waals surface area contributed by atoms with E-state index in [4.69, 9.17) is 4.74 Å². The van der Waals surface area contributed by atoms with Crippen molar-refractivity contribution in [2.75, 3.05) is 6.61 Å². The molecule has 0 fully saturated rings. The molecular weight excluding hydrogens is 298 g/mol. The lowest BCUT2D eigenvalue weighted by atomic mass is 9.92. The molecule has 0 aliphatic rings. The van der Waals surface area contributed by atoms with E-state index in [1.807, 2.05) is 30.3 Å². The average molecular weight is 321 g/mol. The van der Waals surface area contributed by atoms with Crippen LogP contribution in [0.4, 0.5) is 0 Å². The first kappa shape index (κ1) is 16.3. The molecule has 0 unspecified atom stereocenters. The molecule has 1 N–H and O–H groups in total. The summed E-state index contributed by atoms with van der Waals surface area (Å²) >= 11 is 0. The Hall–Kier alpha value is -2.55. The molecule has 3 rings (SSSR count). The third kappa shape index (κ3) is 3.21. The Morgan fingerprint density at radius 2 is 1.71 bits per heavy atom. The second-order valence-corrected chi connectivity index (χ2v) is 6.10. The van der Waals surface area contributed by atoms with Gasteiger partial charge in [-0.25, -0.2) is 0 Å². The van der Waals surface area contributed by atoms with E-state index in [-0.39, 0.29) is 12.4 Å². The smallest absolute Gasteiger partial charge is 0.200 e. The molecular formula is C21H23NO2. The minimum atomic E-state index is 0.0438. The molecule has 0 radical (unpaired) electrons. The summed E-state index contributed by atoms with van der Waals surface area (Å²) < 4.78 is 5.73. The average Bonchev–Trinajstić information content (AvgIpc) is 3.01. The zero-order valence-corrected chi connectivity index (χ0v) is 14.5. The van der Waals surface area contributed by atoms with E-state index in [1.165, 1.54) is 5.56 Å². The lowest BCUT2D eigenvalue weighted by Gasteiger charge is -2.14. The van der Waals surface area contributed by atoms with Crippen molar-refractivity contribution in [1.29, 1.82) is 0 Å². The van der Waals surface area contributed by atoms with Crippen LogP contribution < -0.4 is 4.74 Å². The molecule has 0 saturated carbocycles. The number of nitrogens with one attached hydrogen (secondary N) is 1. The molecule has 3 heteroatoms. The topological polar surface area (TPSA) is 42.1 Å². The summed E-state index contributed by atoms with van der Waals surface area (Å²) in [6.07, 6.45) is 1.70. The Labute approximate surface area is 142 Å². The van der Waals surface area contributed by atoms with Gasteiger partial charge in [-0.2, -0.15) is 0 Å². The van der Waals surface area contributed by atoms with Crippen LogP contribution in [0.5, 0.6) is 5.88 Å². The summed E-state index contributed by atoms with van der Waals surface area (Å²) in [5.74, 6) is 0.676. The molecule has 0 aliphatic heterocycles. The molecule has 0 amide bonds. The van der Waals surface area contributed by atoms with E-state index in [0.717, 1.165) is 40.4 Å². The van der Waals surface area contributed by atoms with Crippen molar-refractivity contribution in [3.05, 3.63) is 64.7 Å². The van der Waals surface area contributed by atoms with Gasteiger partial charge in [0, 0.05) is 22.5 Å². The third-order valence-corrected chi connectivity index (χ3v) is 4.35. The number of aryl methyl sites for hydroxylation is 3. The summed E-state index contributed by atoms with van der Waals surface area (Å²) in [5, 5.41) is 1.08. The summed E-state index contributed by atoms with van der Waals surface area (Å²) in [6, 6.07) is 14.1. The Balaban J connectivity index is 1.82. The molecule has 0 spiro atoms. The first-order valence-corrected chi connectivity index (χ1v) is 8.48. The Morgan fingerprint density at radius 1 is 1.04 bits per heavy atom. The first-order chi connectivity index (χ1) is 11.6. The quantitative estimate of drug-likeness (QED) is 0.659. The number of benzene rings is 2. The highest BCUT2D eigenvalue weighted by atomic mass is 16.5. The lowest BCUT2D eigenvalue weighted by Crippen LogP contribution is -2.16. The molecule has 3 aromatic rings. The number of hydrogen-bond donors (Lipinski definition) is 1. The van der Waals surface area contributed by atoms with Crippen molar-refractivity contribution < 1.29 is 9.53 Å². The van der Waals surface area contributed by atoms with E-state index >= 15 is 0 Å². The highest BCUT2D eigenvalue weighted by Crippen LogP contribution is 2.22. The summed E-state index contributed by atoms with van der Waals surface area (Å²) in [5.41, 5.74) is 5.27. The number of H-pyrrole nitrogens is 1. The van der Waals surface area contributed by atoms with Crippen LogP contribution in [0.2, 0.25) is 0 Å². The molecule has 24 heavy (non-hydrogen) atoms. The molecule has 124 valence electrons. The van der Waals surface area contributed by atoms with E-state index in [9.17, 15) is 4.79 Å². The summed E-state index contributed by atoms with van der Waals surface area (Å²) in [7, 11) is 0. The van der Waals surface area contributed by atoms with Crippen LogP contribution in [-0.4, -0.2) is 17.4 Å². The predicted molar refractivity (Wildman–Crippen MR) is 98.1 cm³/mol. The summed E-state index contributed by atoms with van der Waals surface area (Å²) in [4.78, 5) is 16.0.